The molecule has 0 spiro atoms. The molecule has 0 saturated carbocycles. The number of nitrogens with one attached hydrogen (secondary N) is 2. The Kier molecular flexibility index (Phi) is 10.2. The minimum absolute atomic E-state index is 0.000692. The van der Waals surface area contributed by atoms with Crippen LogP contribution in [0.3, 0.4) is 0 Å². The minimum Gasteiger partial charge on any atom is -0.478 e. The molecule has 3 atom stereocenters. The first-order valence-corrected chi connectivity index (χ1v) is 16.5. The van der Waals surface area contributed by atoms with Crippen molar-refractivity contribution in [3.63, 3.8) is 0 Å². The summed E-state index contributed by atoms with van der Waals surface area (Å²) in [5.74, 6) is -4.84. The monoisotopic (exact) mass is 721 g/mol. The average Bonchev–Trinajstić information content (AvgIpc) is 3.58. The summed E-state index contributed by atoms with van der Waals surface area (Å²) in [5, 5.41) is 27.8. The number of anilines is 1. The van der Waals surface area contributed by atoms with Gasteiger partial charge in [0.05, 0.1) is 6.20 Å². The van der Waals surface area contributed by atoms with Gasteiger partial charge < -0.3 is 37.2 Å². The predicted molar refractivity (Wildman–Crippen MR) is 173 cm³/mol. The Morgan fingerprint density at radius 1 is 1.29 bits per heavy atom. The molecule has 2 unspecified atom stereocenters. The predicted octanol–water partition coefficient (Wildman–Crippen LogP) is -0.643. The van der Waals surface area contributed by atoms with Crippen molar-refractivity contribution in [1.29, 1.82) is 0 Å². The van der Waals surface area contributed by atoms with E-state index in [2.05, 4.69) is 25.8 Å². The Labute approximate surface area is 284 Å². The Morgan fingerprint density at radius 3 is 2.67 bits per heavy atom. The topological polar surface area (TPSA) is 261 Å². The summed E-state index contributed by atoms with van der Waals surface area (Å²) in [5.41, 5.74) is 11.8. The van der Waals surface area contributed by atoms with Gasteiger partial charge in [0, 0.05) is 17.9 Å². The number of carboxylic acids is 2. The molecule has 3 aromatic heterocycles. The first kappa shape index (κ1) is 34.5. The van der Waals surface area contributed by atoms with E-state index in [1.807, 2.05) is 7.05 Å². The quantitative estimate of drug-likeness (QED) is 0.0398. The summed E-state index contributed by atoms with van der Waals surface area (Å²) < 4.78 is 3.37. The van der Waals surface area contributed by atoms with Crippen LogP contribution < -0.4 is 26.7 Å². The third-order valence-corrected chi connectivity index (χ3v) is 9.82. The number of β-lactam (4-membered cyclic amide) rings is 1. The molecule has 5 heterocycles. The number of thiazole rings is 1. The summed E-state index contributed by atoms with van der Waals surface area (Å²) in [6.45, 7) is 2.38. The van der Waals surface area contributed by atoms with Gasteiger partial charge in [-0.2, -0.15) is 0 Å². The lowest BCUT2D eigenvalue weighted by Gasteiger charge is -2.49. The van der Waals surface area contributed by atoms with Crippen LogP contribution in [0.15, 0.2) is 34.8 Å². The maximum Gasteiger partial charge on any atom is 0.352 e. The molecule has 48 heavy (non-hydrogen) atoms. The molecule has 0 aliphatic carbocycles. The second-order valence-electron chi connectivity index (χ2n) is 10.6. The van der Waals surface area contributed by atoms with Crippen LogP contribution in [0.1, 0.15) is 29.7 Å². The van der Waals surface area contributed by atoms with Crippen molar-refractivity contribution >= 4 is 86.4 Å². The number of carbonyl (C=O) groups is 5. The summed E-state index contributed by atoms with van der Waals surface area (Å²) in [4.78, 5) is 77.2. The van der Waals surface area contributed by atoms with Gasteiger partial charge in [-0.15, -0.1) is 11.8 Å². The van der Waals surface area contributed by atoms with E-state index < -0.39 is 52.9 Å². The SMILES string of the molecule is CNCCCn1c(C(N)=O)nc2c1ccc[n+]2CC1=C(C(=O)O)N2C(=O)C(NC(=O)/C(=N\O[C@@H](C)C(=O)O)c3nc(N)sc3Cl)C2SC1. The highest BCUT2D eigenvalue weighted by Gasteiger charge is 2.54. The smallest absolute Gasteiger partial charge is 0.352 e. The number of aliphatic carboxylic acids is 2. The number of nitrogen functional groups attached to an aromatic ring is 1. The number of imidazole rings is 1. The van der Waals surface area contributed by atoms with Crippen LogP contribution in [0.5, 0.6) is 0 Å². The van der Waals surface area contributed by atoms with Gasteiger partial charge in [0.25, 0.3) is 11.8 Å². The molecule has 2 aliphatic heterocycles. The second-order valence-corrected chi connectivity index (χ2v) is 13.3. The number of amides is 3. The Balaban J connectivity index is 1.41. The Hall–Kier alpha value is -4.79. The number of hydrogen-bond donors (Lipinski definition) is 6. The highest BCUT2D eigenvalue weighted by molar-refractivity contribution is 8.00. The lowest BCUT2D eigenvalue weighted by atomic mass is 10.0. The van der Waals surface area contributed by atoms with Crippen molar-refractivity contribution in [2.24, 2.45) is 10.9 Å². The van der Waals surface area contributed by atoms with E-state index in [-0.39, 0.29) is 39.0 Å². The molecular weight excluding hydrogens is 692 g/mol. The van der Waals surface area contributed by atoms with E-state index in [4.69, 9.17) is 33.0 Å². The molecule has 8 N–H and O–H groups in total. The van der Waals surface area contributed by atoms with Crippen LogP contribution in [0.25, 0.3) is 11.2 Å². The summed E-state index contributed by atoms with van der Waals surface area (Å²) in [6.07, 6.45) is 0.953. The molecule has 3 amide bonds. The van der Waals surface area contributed by atoms with Crippen molar-refractivity contribution in [2.75, 3.05) is 25.1 Å². The van der Waals surface area contributed by atoms with E-state index in [0.717, 1.165) is 16.2 Å². The highest BCUT2D eigenvalue weighted by Crippen LogP contribution is 2.40. The number of aryl methyl sites for hydroxylation is 1. The fourth-order valence-electron chi connectivity index (χ4n) is 5.15. The number of fused-ring (bicyclic) bond motifs is 2. The maximum absolute atomic E-state index is 13.4. The molecule has 0 bridgehead atoms. The van der Waals surface area contributed by atoms with Gasteiger partial charge in [-0.3, -0.25) is 23.9 Å². The number of halogens is 1. The number of carboxylic acid groups (broad SMARTS) is 2. The number of nitrogens with two attached hydrogens (primary N) is 2. The first-order chi connectivity index (χ1) is 22.8. The lowest BCUT2D eigenvalue weighted by molar-refractivity contribution is -0.664. The number of carbonyl (C=O) groups excluding carboxylic acids is 3. The second kappa shape index (κ2) is 14.1. The van der Waals surface area contributed by atoms with Crippen LogP contribution >= 0.6 is 34.7 Å². The standard InChI is InChI=1S/C27H29ClN10O8S2/c1-11(25(42)43)46-35-15(14-18(28)48-27(30)33-14)22(40)32-16-23(41)38-17(26(44)45)12(10-47-24(16)38)9-36-7-3-5-13-20(36)34-21(19(29)39)37(13)8-4-6-31-2/h3,5,7,11,16,24,31H,4,6,8-10H2,1-2H3,(H6-,29,30,32,33,39,40,42,43,44,45)/p+1/b35-15-/t11-,16?,24?/m0/s1. The minimum atomic E-state index is -1.43. The van der Waals surface area contributed by atoms with Gasteiger partial charge >= 0.3 is 29.3 Å². The number of rotatable bonds is 14. The van der Waals surface area contributed by atoms with Crippen LogP contribution in [0, 0.1) is 0 Å². The molecule has 18 nitrogen and oxygen atoms in total. The molecular formula is C27H30ClN10O8S2+. The van der Waals surface area contributed by atoms with Crippen LogP contribution in [0.2, 0.25) is 4.34 Å². The van der Waals surface area contributed by atoms with Crippen molar-refractivity contribution < 1.29 is 43.6 Å². The fraction of sp³-hybridized carbons (Fsp3) is 0.370. The number of thioether (sulfide) groups is 1. The van der Waals surface area contributed by atoms with Crippen LogP contribution in [-0.2, 0) is 37.1 Å². The van der Waals surface area contributed by atoms with Crippen molar-refractivity contribution in [3.05, 3.63) is 45.5 Å². The van der Waals surface area contributed by atoms with Gasteiger partial charge in [0.15, 0.2) is 10.8 Å². The largest absolute Gasteiger partial charge is 0.478 e. The molecule has 21 heteroatoms. The molecule has 5 rings (SSSR count). The number of nitrogens with zero attached hydrogens (tertiary/aromatic N) is 6. The highest BCUT2D eigenvalue weighted by atomic mass is 35.5. The third-order valence-electron chi connectivity index (χ3n) is 7.40. The molecule has 0 aromatic carbocycles. The molecule has 1 fully saturated rings. The zero-order chi connectivity index (χ0) is 34.9. The third kappa shape index (κ3) is 6.64. The molecule has 2 aliphatic rings. The van der Waals surface area contributed by atoms with Crippen molar-refractivity contribution in [3.8, 4) is 0 Å². The van der Waals surface area contributed by atoms with Gasteiger partial charge in [-0.1, -0.05) is 28.1 Å². The first-order valence-electron chi connectivity index (χ1n) is 14.3. The number of hydrogen-bond acceptors (Lipinski definition) is 13. The van der Waals surface area contributed by atoms with Gasteiger partial charge in [0.1, 0.15) is 39.2 Å². The average molecular weight is 722 g/mol. The number of oxime groups is 1. The zero-order valence-electron chi connectivity index (χ0n) is 25.4. The van der Waals surface area contributed by atoms with E-state index in [1.165, 1.54) is 18.7 Å². The van der Waals surface area contributed by atoms with E-state index in [9.17, 15) is 29.1 Å². The van der Waals surface area contributed by atoms with E-state index >= 15 is 0 Å². The van der Waals surface area contributed by atoms with Gasteiger partial charge in [0.2, 0.25) is 6.10 Å². The summed E-state index contributed by atoms with van der Waals surface area (Å²) in [6, 6.07) is 2.36. The van der Waals surface area contributed by atoms with Gasteiger partial charge in [-0.25, -0.2) is 19.1 Å². The molecule has 3 aromatic rings. The van der Waals surface area contributed by atoms with Gasteiger partial charge in [-0.05, 0) is 44.1 Å². The normalized spacial score (nSPS) is 18.4. The number of primary amides is 1. The summed E-state index contributed by atoms with van der Waals surface area (Å²) >= 11 is 8.24. The fourth-order valence-corrected chi connectivity index (χ4v) is 7.41. The number of pyridine rings is 1. The maximum atomic E-state index is 13.4. The van der Waals surface area contributed by atoms with Crippen molar-refractivity contribution in [2.45, 2.75) is 44.0 Å². The zero-order valence-corrected chi connectivity index (χ0v) is 27.8. The van der Waals surface area contributed by atoms with E-state index in [1.54, 1.807) is 27.5 Å². The molecule has 1 saturated heterocycles. The number of aromatic nitrogens is 4. The van der Waals surface area contributed by atoms with Crippen molar-refractivity contribution in [1.82, 2.24) is 30.1 Å². The molecule has 254 valence electrons. The molecule has 0 radical (unpaired) electrons. The lowest BCUT2D eigenvalue weighted by Crippen LogP contribution is -2.71. The Morgan fingerprint density at radius 2 is 2.04 bits per heavy atom. The van der Waals surface area contributed by atoms with Crippen LogP contribution in [-0.4, -0.2) is 102 Å². The Bertz CT molecular complexity index is 1890. The van der Waals surface area contributed by atoms with E-state index in [0.29, 0.717) is 36.2 Å². The van der Waals surface area contributed by atoms with Crippen LogP contribution in [0.4, 0.5) is 5.13 Å². The summed E-state index contributed by atoms with van der Waals surface area (Å²) in [7, 11) is 1.82.